The SMILES string of the molecule is CCCCCCC/C=C/CC/C=C/C(O)C(CO)NC(=O)CCCCCCC/C=C\CCCCCCCC. The van der Waals surface area contributed by atoms with Crippen LogP contribution in [0.2, 0.25) is 0 Å². The van der Waals surface area contributed by atoms with E-state index in [1.165, 1.54) is 89.9 Å². The Balaban J connectivity index is 3.72. The van der Waals surface area contributed by atoms with Gasteiger partial charge in [-0.1, -0.05) is 127 Å². The van der Waals surface area contributed by atoms with Gasteiger partial charge in [-0.2, -0.15) is 0 Å². The molecule has 0 saturated carbocycles. The number of unbranched alkanes of at least 4 members (excludes halogenated alkanes) is 17. The molecule has 3 N–H and O–H groups in total. The van der Waals surface area contributed by atoms with Gasteiger partial charge in [-0.3, -0.25) is 4.79 Å². The molecule has 0 aromatic carbocycles. The lowest BCUT2D eigenvalue weighted by molar-refractivity contribution is -0.123. The maximum atomic E-state index is 12.2. The second kappa shape index (κ2) is 30.2. The van der Waals surface area contributed by atoms with Gasteiger partial charge in [0.2, 0.25) is 5.91 Å². The molecule has 0 rings (SSSR count). The van der Waals surface area contributed by atoms with E-state index >= 15 is 0 Å². The Morgan fingerprint density at radius 2 is 1.03 bits per heavy atom. The molecule has 0 saturated heterocycles. The molecule has 0 fully saturated rings. The van der Waals surface area contributed by atoms with Gasteiger partial charge in [0, 0.05) is 6.42 Å². The average molecular weight is 534 g/mol. The maximum Gasteiger partial charge on any atom is 0.220 e. The number of rotatable bonds is 28. The first-order valence-corrected chi connectivity index (χ1v) is 16.2. The molecule has 4 heteroatoms. The molecule has 38 heavy (non-hydrogen) atoms. The third kappa shape index (κ3) is 26.2. The number of amides is 1. The van der Waals surface area contributed by atoms with E-state index in [0.717, 1.165) is 44.9 Å². The lowest BCUT2D eigenvalue weighted by atomic mass is 10.1. The molecule has 0 aromatic heterocycles. The monoisotopic (exact) mass is 533 g/mol. The highest BCUT2D eigenvalue weighted by Crippen LogP contribution is 2.10. The van der Waals surface area contributed by atoms with Crippen molar-refractivity contribution in [3.63, 3.8) is 0 Å². The smallest absolute Gasteiger partial charge is 0.220 e. The van der Waals surface area contributed by atoms with Crippen LogP contribution in [-0.2, 0) is 4.79 Å². The maximum absolute atomic E-state index is 12.2. The van der Waals surface area contributed by atoms with Crippen LogP contribution >= 0.6 is 0 Å². The number of carbonyl (C=O) groups excluding carboxylic acids is 1. The molecule has 2 atom stereocenters. The van der Waals surface area contributed by atoms with Crippen LogP contribution in [0.4, 0.5) is 0 Å². The van der Waals surface area contributed by atoms with Crippen LogP contribution in [0, 0.1) is 0 Å². The Hall–Kier alpha value is -1.39. The number of aliphatic hydroxyl groups is 2. The molecule has 222 valence electrons. The van der Waals surface area contributed by atoms with Crippen LogP contribution in [0.5, 0.6) is 0 Å². The summed E-state index contributed by atoms with van der Waals surface area (Å²) in [5, 5.41) is 22.7. The summed E-state index contributed by atoms with van der Waals surface area (Å²) in [4.78, 5) is 12.2. The third-order valence-electron chi connectivity index (χ3n) is 7.10. The topological polar surface area (TPSA) is 69.6 Å². The number of hydrogen-bond donors (Lipinski definition) is 3. The van der Waals surface area contributed by atoms with E-state index < -0.39 is 12.1 Å². The van der Waals surface area contributed by atoms with Gasteiger partial charge < -0.3 is 15.5 Å². The fourth-order valence-corrected chi connectivity index (χ4v) is 4.54. The highest BCUT2D eigenvalue weighted by Gasteiger charge is 2.17. The van der Waals surface area contributed by atoms with Crippen LogP contribution in [-0.4, -0.2) is 34.9 Å². The minimum atomic E-state index is -0.861. The average Bonchev–Trinajstić information content (AvgIpc) is 2.92. The van der Waals surface area contributed by atoms with Crippen molar-refractivity contribution in [2.45, 2.75) is 167 Å². The highest BCUT2D eigenvalue weighted by atomic mass is 16.3. The van der Waals surface area contributed by atoms with Crippen molar-refractivity contribution in [2.24, 2.45) is 0 Å². The van der Waals surface area contributed by atoms with Gasteiger partial charge in [-0.05, 0) is 57.8 Å². The number of hydrogen-bond acceptors (Lipinski definition) is 3. The van der Waals surface area contributed by atoms with Gasteiger partial charge in [0.05, 0.1) is 18.8 Å². The first-order chi connectivity index (χ1) is 18.7. The number of aliphatic hydroxyl groups excluding tert-OH is 2. The zero-order chi connectivity index (χ0) is 27.9. The van der Waals surface area contributed by atoms with E-state index in [9.17, 15) is 15.0 Å². The molecular weight excluding hydrogens is 470 g/mol. The zero-order valence-electron chi connectivity index (χ0n) is 25.2. The Kier molecular flexibility index (Phi) is 29.1. The summed E-state index contributed by atoms with van der Waals surface area (Å²) in [6.45, 7) is 4.24. The van der Waals surface area contributed by atoms with Crippen molar-refractivity contribution in [3.05, 3.63) is 36.5 Å². The normalized spacial score (nSPS) is 13.7. The van der Waals surface area contributed by atoms with Crippen LogP contribution in [0.3, 0.4) is 0 Å². The predicted octanol–water partition coefficient (Wildman–Crippen LogP) is 9.12. The van der Waals surface area contributed by atoms with Crippen molar-refractivity contribution >= 4 is 5.91 Å². The van der Waals surface area contributed by atoms with Crippen LogP contribution in [0.15, 0.2) is 36.5 Å². The standard InChI is InChI=1S/C34H63NO3/c1-3-5-7-9-11-13-15-16-17-18-20-22-24-26-28-30-34(38)35-32(31-36)33(37)29-27-25-23-21-19-14-12-10-8-6-4-2/h16-17,19,21,27,29,32-33,36-37H,3-15,18,20,22-26,28,30-31H2,1-2H3,(H,35,38)/b17-16-,21-19+,29-27+. The lowest BCUT2D eigenvalue weighted by Crippen LogP contribution is -2.45. The van der Waals surface area contributed by atoms with Gasteiger partial charge >= 0.3 is 0 Å². The first-order valence-electron chi connectivity index (χ1n) is 16.2. The highest BCUT2D eigenvalue weighted by molar-refractivity contribution is 5.76. The van der Waals surface area contributed by atoms with Gasteiger partial charge in [-0.15, -0.1) is 0 Å². The molecule has 0 spiro atoms. The van der Waals surface area contributed by atoms with Crippen LogP contribution < -0.4 is 5.32 Å². The van der Waals surface area contributed by atoms with Crippen molar-refractivity contribution < 1.29 is 15.0 Å². The van der Waals surface area contributed by atoms with Crippen LogP contribution in [0.25, 0.3) is 0 Å². The van der Waals surface area contributed by atoms with E-state index in [2.05, 4.69) is 43.5 Å². The van der Waals surface area contributed by atoms with Gasteiger partial charge in [0.25, 0.3) is 0 Å². The predicted molar refractivity (Wildman–Crippen MR) is 165 cm³/mol. The van der Waals surface area contributed by atoms with Crippen LogP contribution in [0.1, 0.15) is 155 Å². The summed E-state index contributed by atoms with van der Waals surface area (Å²) in [7, 11) is 0. The molecular formula is C34H63NO3. The molecule has 0 radical (unpaired) electrons. The lowest BCUT2D eigenvalue weighted by Gasteiger charge is -2.19. The summed E-state index contributed by atoms with van der Waals surface area (Å²) in [5.41, 5.74) is 0. The quantitative estimate of drug-likeness (QED) is 0.0693. The van der Waals surface area contributed by atoms with E-state index in [1.54, 1.807) is 6.08 Å². The van der Waals surface area contributed by atoms with E-state index in [0.29, 0.717) is 6.42 Å². The molecule has 1 amide bonds. The van der Waals surface area contributed by atoms with Crippen molar-refractivity contribution in [2.75, 3.05) is 6.61 Å². The van der Waals surface area contributed by atoms with Gasteiger partial charge in [-0.25, -0.2) is 0 Å². The molecule has 0 aliphatic carbocycles. The molecule has 0 aliphatic heterocycles. The van der Waals surface area contributed by atoms with Crippen molar-refractivity contribution in [3.8, 4) is 0 Å². The largest absolute Gasteiger partial charge is 0.394 e. The molecule has 0 aromatic rings. The summed E-state index contributed by atoms with van der Waals surface area (Å²) in [5.74, 6) is -0.0870. The summed E-state index contributed by atoms with van der Waals surface area (Å²) >= 11 is 0. The second-order valence-electron chi connectivity index (χ2n) is 10.9. The van der Waals surface area contributed by atoms with Crippen molar-refractivity contribution in [1.82, 2.24) is 5.32 Å². The molecule has 0 bridgehead atoms. The molecule has 4 nitrogen and oxygen atoms in total. The minimum absolute atomic E-state index is 0.0870. The Morgan fingerprint density at radius 3 is 1.53 bits per heavy atom. The Labute approximate surface area is 236 Å². The summed E-state index contributed by atoms with van der Waals surface area (Å²) < 4.78 is 0. The Bertz CT molecular complexity index is 584. The number of allylic oxidation sites excluding steroid dienone is 5. The van der Waals surface area contributed by atoms with Gasteiger partial charge in [0.15, 0.2) is 0 Å². The number of carbonyl (C=O) groups is 1. The van der Waals surface area contributed by atoms with E-state index in [-0.39, 0.29) is 12.5 Å². The van der Waals surface area contributed by atoms with Gasteiger partial charge in [0.1, 0.15) is 0 Å². The zero-order valence-corrected chi connectivity index (χ0v) is 25.2. The molecule has 0 aliphatic rings. The van der Waals surface area contributed by atoms with Crippen molar-refractivity contribution in [1.29, 1.82) is 0 Å². The summed E-state index contributed by atoms with van der Waals surface area (Å²) in [6, 6.07) is -0.638. The second-order valence-corrected chi connectivity index (χ2v) is 10.9. The van der Waals surface area contributed by atoms with E-state index in [4.69, 9.17) is 0 Å². The molecule has 2 unspecified atom stereocenters. The minimum Gasteiger partial charge on any atom is -0.394 e. The molecule has 0 heterocycles. The fraction of sp³-hybridized carbons (Fsp3) is 0.794. The first kappa shape index (κ1) is 36.6. The Morgan fingerprint density at radius 1 is 0.605 bits per heavy atom. The summed E-state index contributed by atoms with van der Waals surface area (Å²) in [6.07, 6.45) is 37.9. The fourth-order valence-electron chi connectivity index (χ4n) is 4.54. The van der Waals surface area contributed by atoms with E-state index in [1.807, 2.05) is 6.08 Å². The number of nitrogens with one attached hydrogen (secondary N) is 1. The third-order valence-corrected chi connectivity index (χ3v) is 7.10.